The van der Waals surface area contributed by atoms with Gasteiger partial charge in [0.2, 0.25) is 5.69 Å². The van der Waals surface area contributed by atoms with Gasteiger partial charge in [0.15, 0.2) is 0 Å². The minimum Gasteiger partial charge on any atom is -0.476 e. The number of fused-ring (bicyclic) bond motifs is 3. The van der Waals surface area contributed by atoms with Crippen molar-refractivity contribution in [2.45, 2.75) is 96.8 Å². The van der Waals surface area contributed by atoms with Crippen LogP contribution in [0.5, 0.6) is 0 Å². The molecule has 2 aromatic rings. The molecule has 0 amide bonds. The first-order valence-electron chi connectivity index (χ1n) is 12.1. The van der Waals surface area contributed by atoms with Gasteiger partial charge in [-0.3, -0.25) is 9.69 Å². The first-order chi connectivity index (χ1) is 15.0. The van der Waals surface area contributed by atoms with Gasteiger partial charge in [-0.15, -0.1) is 0 Å². The summed E-state index contributed by atoms with van der Waals surface area (Å²) in [5.74, 6) is -1.25. The highest BCUT2D eigenvalue weighted by molar-refractivity contribution is 5.88. The molecule has 6 heteroatoms. The zero-order valence-corrected chi connectivity index (χ0v) is 19.7. The van der Waals surface area contributed by atoms with E-state index in [1.807, 2.05) is 18.2 Å². The van der Waals surface area contributed by atoms with Crippen LogP contribution in [-0.2, 0) is 0 Å². The average molecular weight is 438 g/mol. The summed E-state index contributed by atoms with van der Waals surface area (Å²) in [5, 5.41) is 9.59. The van der Waals surface area contributed by atoms with Gasteiger partial charge in [0.25, 0.3) is 5.56 Å². The maximum atomic E-state index is 13.2. The zero-order valence-electron chi connectivity index (χ0n) is 19.7. The van der Waals surface area contributed by atoms with E-state index in [1.165, 1.54) is 32.1 Å². The lowest BCUT2D eigenvalue weighted by molar-refractivity contribution is -0.0212. The predicted molar refractivity (Wildman–Crippen MR) is 125 cm³/mol. The largest absolute Gasteiger partial charge is 0.476 e. The number of carbonyl (C=O) groups is 1. The number of aromatic nitrogens is 2. The van der Waals surface area contributed by atoms with Crippen LogP contribution in [0.4, 0.5) is 0 Å². The number of hydrogen-bond donors (Lipinski definition) is 1. The van der Waals surface area contributed by atoms with Crippen molar-refractivity contribution in [3.63, 3.8) is 0 Å². The smallest absolute Gasteiger partial charge is 0.360 e. The zero-order chi connectivity index (χ0) is 22.8. The Morgan fingerprint density at radius 3 is 2.16 bits per heavy atom. The molecule has 1 N–H and O–H groups in total. The Hall–Kier alpha value is -2.21. The van der Waals surface area contributed by atoms with Crippen molar-refractivity contribution in [3.8, 4) is 0 Å². The van der Waals surface area contributed by atoms with Crippen LogP contribution in [0.1, 0.15) is 89.2 Å². The molecule has 2 saturated heterocycles. The molecule has 3 heterocycles. The van der Waals surface area contributed by atoms with E-state index in [0.717, 1.165) is 18.4 Å². The van der Waals surface area contributed by atoms with Gasteiger partial charge in [-0.1, -0.05) is 39.8 Å². The summed E-state index contributed by atoms with van der Waals surface area (Å²) in [7, 11) is 0. The number of para-hydroxylation sites is 2. The molecule has 3 fully saturated rings. The Morgan fingerprint density at radius 2 is 1.56 bits per heavy atom. The van der Waals surface area contributed by atoms with Gasteiger partial charge in [-0.25, -0.2) is 9.78 Å². The fourth-order valence-corrected chi connectivity index (χ4v) is 7.65. The van der Waals surface area contributed by atoms with E-state index >= 15 is 0 Å². The van der Waals surface area contributed by atoms with E-state index in [2.05, 4.69) is 37.6 Å². The summed E-state index contributed by atoms with van der Waals surface area (Å²) in [5.41, 5.74) is 1.19. The van der Waals surface area contributed by atoms with Crippen LogP contribution >= 0.6 is 0 Å². The molecule has 1 saturated carbocycles. The van der Waals surface area contributed by atoms with Crippen molar-refractivity contribution in [1.82, 2.24) is 14.5 Å². The van der Waals surface area contributed by atoms with Crippen LogP contribution < -0.4 is 5.56 Å². The molecule has 0 spiro atoms. The molecule has 6 nitrogen and oxygen atoms in total. The van der Waals surface area contributed by atoms with Gasteiger partial charge >= 0.3 is 5.97 Å². The highest BCUT2D eigenvalue weighted by Gasteiger charge is 2.49. The van der Waals surface area contributed by atoms with Crippen LogP contribution in [0.3, 0.4) is 0 Å². The fourth-order valence-electron chi connectivity index (χ4n) is 7.65. The summed E-state index contributed by atoms with van der Waals surface area (Å²) in [6, 6.07) is 8.97. The molecule has 3 aliphatic rings. The Balaban J connectivity index is 1.49. The van der Waals surface area contributed by atoms with E-state index in [0.29, 0.717) is 34.5 Å². The Kier molecular flexibility index (Phi) is 5.01. The number of benzene rings is 1. The second-order valence-electron chi connectivity index (χ2n) is 12.0. The molecule has 1 aliphatic carbocycles. The Morgan fingerprint density at radius 1 is 0.969 bits per heavy atom. The number of carboxylic acid groups (broad SMARTS) is 1. The van der Waals surface area contributed by atoms with Crippen molar-refractivity contribution in [1.29, 1.82) is 0 Å². The van der Waals surface area contributed by atoms with E-state index in [-0.39, 0.29) is 11.7 Å². The maximum absolute atomic E-state index is 13.2. The van der Waals surface area contributed by atoms with E-state index in [9.17, 15) is 14.7 Å². The third kappa shape index (κ3) is 3.66. The van der Waals surface area contributed by atoms with Crippen molar-refractivity contribution in [3.05, 3.63) is 40.3 Å². The number of carboxylic acids is 1. The molecule has 0 radical (unpaired) electrons. The third-order valence-electron chi connectivity index (χ3n) is 8.08. The lowest BCUT2D eigenvalue weighted by Crippen LogP contribution is -2.54. The molecule has 172 valence electrons. The average Bonchev–Trinajstić information content (AvgIpc) is 2.95. The second-order valence-corrected chi connectivity index (χ2v) is 12.0. The molecule has 5 rings (SSSR count). The minimum absolute atomic E-state index is 0.0202. The molecule has 32 heavy (non-hydrogen) atoms. The van der Waals surface area contributed by atoms with Crippen LogP contribution in [0.2, 0.25) is 0 Å². The molecular formula is C26H35N3O3. The molecule has 2 bridgehead atoms. The van der Waals surface area contributed by atoms with Crippen molar-refractivity contribution in [2.75, 3.05) is 0 Å². The second kappa shape index (κ2) is 7.41. The van der Waals surface area contributed by atoms with Gasteiger partial charge in [0.05, 0.1) is 11.0 Å². The first-order valence-corrected chi connectivity index (χ1v) is 12.1. The standard InChI is InChI=1S/C26H35N3O3/c1-25(2)13-19(14-26(3,4)15-25)28-16-9-10-17(28)12-18(11-16)29-21-8-6-5-7-20(21)27-22(23(29)30)24(31)32/h5-8,16-19H,9-15H2,1-4H3,(H,31,32)/t16-,17?,18+/m0/s1. The summed E-state index contributed by atoms with van der Waals surface area (Å²) in [6.07, 6.45) is 7.87. The Bertz CT molecular complexity index is 1090. The van der Waals surface area contributed by atoms with Gasteiger partial charge in [-0.2, -0.15) is 0 Å². The van der Waals surface area contributed by atoms with Crippen LogP contribution in [0.25, 0.3) is 11.0 Å². The summed E-state index contributed by atoms with van der Waals surface area (Å²) in [6.45, 7) is 9.63. The number of rotatable bonds is 3. The SMILES string of the molecule is CC1(C)CC(N2C3CC[C@H]2C[C@@H](n2c(=O)c(C(=O)O)nc4ccccc42)C3)CC(C)(C)C1. The third-order valence-corrected chi connectivity index (χ3v) is 8.08. The molecule has 1 aromatic heterocycles. The molecule has 1 unspecified atom stereocenters. The molecule has 1 aromatic carbocycles. The lowest BCUT2D eigenvalue weighted by Gasteiger charge is -2.52. The summed E-state index contributed by atoms with van der Waals surface area (Å²) < 4.78 is 1.75. The highest BCUT2D eigenvalue weighted by Crippen LogP contribution is 2.51. The summed E-state index contributed by atoms with van der Waals surface area (Å²) in [4.78, 5) is 31.9. The number of aromatic carboxylic acids is 1. The molecular weight excluding hydrogens is 402 g/mol. The highest BCUT2D eigenvalue weighted by atomic mass is 16.4. The topological polar surface area (TPSA) is 75.4 Å². The fraction of sp³-hybridized carbons (Fsp3) is 0.654. The first kappa shape index (κ1) is 21.6. The quantitative estimate of drug-likeness (QED) is 0.742. The van der Waals surface area contributed by atoms with Gasteiger partial charge in [0.1, 0.15) is 0 Å². The minimum atomic E-state index is -1.25. The lowest BCUT2D eigenvalue weighted by atomic mass is 9.63. The van der Waals surface area contributed by atoms with Crippen LogP contribution in [0, 0.1) is 10.8 Å². The summed E-state index contributed by atoms with van der Waals surface area (Å²) >= 11 is 0. The number of hydrogen-bond acceptors (Lipinski definition) is 4. The van der Waals surface area contributed by atoms with E-state index in [1.54, 1.807) is 10.6 Å². The van der Waals surface area contributed by atoms with Crippen LogP contribution in [-0.4, -0.2) is 43.7 Å². The predicted octanol–water partition coefficient (Wildman–Crippen LogP) is 4.87. The normalized spacial score (nSPS) is 29.9. The number of nitrogens with zero attached hydrogens (tertiary/aromatic N) is 3. The van der Waals surface area contributed by atoms with Crippen LogP contribution in [0.15, 0.2) is 29.1 Å². The number of piperidine rings is 1. The van der Waals surface area contributed by atoms with Gasteiger partial charge in [0, 0.05) is 24.2 Å². The Labute approximate surface area is 189 Å². The van der Waals surface area contributed by atoms with Crippen molar-refractivity contribution < 1.29 is 9.90 Å². The van der Waals surface area contributed by atoms with Crippen molar-refractivity contribution >= 4 is 17.0 Å². The van der Waals surface area contributed by atoms with E-state index < -0.39 is 11.5 Å². The van der Waals surface area contributed by atoms with Gasteiger partial charge < -0.3 is 9.67 Å². The maximum Gasteiger partial charge on any atom is 0.360 e. The van der Waals surface area contributed by atoms with Crippen molar-refractivity contribution in [2.24, 2.45) is 10.8 Å². The molecule has 3 atom stereocenters. The molecule has 2 aliphatic heterocycles. The monoisotopic (exact) mass is 437 g/mol. The van der Waals surface area contributed by atoms with Gasteiger partial charge in [-0.05, 0) is 67.9 Å². The van der Waals surface area contributed by atoms with E-state index in [4.69, 9.17) is 0 Å².